The van der Waals surface area contributed by atoms with E-state index < -0.39 is 18.1 Å². The number of fused-ring (bicyclic) bond motifs is 1. The molecular weight excluding hydrogens is 469 g/mol. The normalized spacial score (nSPS) is 12.5. The minimum absolute atomic E-state index is 0.0524. The summed E-state index contributed by atoms with van der Waals surface area (Å²) in [6.45, 7) is 0.640. The van der Waals surface area contributed by atoms with Crippen molar-refractivity contribution >= 4 is 23.5 Å². The van der Waals surface area contributed by atoms with Gasteiger partial charge in [-0.05, 0) is 30.3 Å². The highest BCUT2D eigenvalue weighted by Crippen LogP contribution is 2.29. The molecule has 1 aliphatic rings. The summed E-state index contributed by atoms with van der Waals surface area (Å²) in [7, 11) is 3.11. The van der Waals surface area contributed by atoms with Crippen molar-refractivity contribution in [3.8, 4) is 22.5 Å². The molecular formula is C23H21F3N4O5. The second-order valence-corrected chi connectivity index (χ2v) is 7.32. The summed E-state index contributed by atoms with van der Waals surface area (Å²) in [6, 6.07) is 11.2. The van der Waals surface area contributed by atoms with Crippen LogP contribution >= 0.6 is 0 Å². The number of benzene rings is 1. The van der Waals surface area contributed by atoms with E-state index in [-0.39, 0.29) is 5.91 Å². The molecule has 35 heavy (non-hydrogen) atoms. The van der Waals surface area contributed by atoms with Gasteiger partial charge in [-0.3, -0.25) is 9.78 Å². The Hall–Kier alpha value is -4.35. The summed E-state index contributed by atoms with van der Waals surface area (Å²) in [4.78, 5) is 40.8. The smallest absolute Gasteiger partial charge is 0.475 e. The lowest BCUT2D eigenvalue weighted by Gasteiger charge is -2.11. The number of methoxy groups -OCH3 is 1. The van der Waals surface area contributed by atoms with E-state index >= 15 is 0 Å². The number of ether oxygens (including phenoxy) is 1. The number of rotatable bonds is 4. The first-order valence-corrected chi connectivity index (χ1v) is 10.2. The standard InChI is InChI=1S/C21H20N4O3.C2HF3O2/c1-22-16-4-3-12(9-15(16)21(27)28-2)18-10-13(5-7-23-18)19-11-14-17(25-19)6-8-24-20(14)26;3-2(4,5)1(6)7/h3-5,7,9-11,22,25H,6,8H2,1-2H3,(H,24,26);(H,6,7). The van der Waals surface area contributed by atoms with Gasteiger partial charge in [-0.2, -0.15) is 13.2 Å². The number of carboxylic acid groups (broad SMARTS) is 1. The quantitative estimate of drug-likeness (QED) is 0.412. The van der Waals surface area contributed by atoms with Crippen LogP contribution in [0.5, 0.6) is 0 Å². The predicted octanol–water partition coefficient (Wildman–Crippen LogP) is 3.49. The second kappa shape index (κ2) is 10.3. The van der Waals surface area contributed by atoms with Crippen molar-refractivity contribution in [1.29, 1.82) is 0 Å². The number of anilines is 1. The molecule has 0 saturated carbocycles. The molecule has 12 heteroatoms. The lowest BCUT2D eigenvalue weighted by Crippen LogP contribution is -2.31. The van der Waals surface area contributed by atoms with Crippen molar-refractivity contribution in [2.24, 2.45) is 0 Å². The largest absolute Gasteiger partial charge is 0.490 e. The van der Waals surface area contributed by atoms with Gasteiger partial charge in [-0.15, -0.1) is 0 Å². The van der Waals surface area contributed by atoms with E-state index in [0.29, 0.717) is 23.4 Å². The molecule has 0 spiro atoms. The zero-order valence-electron chi connectivity index (χ0n) is 18.6. The third kappa shape index (κ3) is 5.78. The molecule has 0 aliphatic carbocycles. The topological polar surface area (TPSA) is 133 Å². The van der Waals surface area contributed by atoms with E-state index in [1.54, 1.807) is 19.3 Å². The number of carbonyl (C=O) groups is 3. The number of aromatic amines is 1. The molecule has 0 atom stereocenters. The molecule has 1 aromatic carbocycles. The van der Waals surface area contributed by atoms with E-state index in [9.17, 15) is 22.8 Å². The Bertz CT molecular complexity index is 1270. The molecule has 1 amide bonds. The number of amides is 1. The maximum absolute atomic E-state index is 12.1. The maximum atomic E-state index is 12.1. The van der Waals surface area contributed by atoms with Gasteiger partial charge in [0.15, 0.2) is 0 Å². The minimum Gasteiger partial charge on any atom is -0.475 e. The molecule has 0 fully saturated rings. The zero-order chi connectivity index (χ0) is 25.8. The molecule has 3 heterocycles. The van der Waals surface area contributed by atoms with Crippen molar-refractivity contribution < 1.29 is 37.4 Å². The number of hydrogen-bond donors (Lipinski definition) is 4. The molecule has 1 aliphatic heterocycles. The van der Waals surface area contributed by atoms with Crippen LogP contribution in [0.3, 0.4) is 0 Å². The molecule has 9 nitrogen and oxygen atoms in total. The van der Waals surface area contributed by atoms with E-state index in [1.807, 2.05) is 30.3 Å². The molecule has 184 valence electrons. The van der Waals surface area contributed by atoms with E-state index in [4.69, 9.17) is 14.6 Å². The number of H-pyrrole nitrogens is 1. The number of carbonyl (C=O) groups excluding carboxylic acids is 2. The van der Waals surface area contributed by atoms with Crippen LogP contribution in [0.25, 0.3) is 22.5 Å². The van der Waals surface area contributed by atoms with Crippen molar-refractivity contribution in [1.82, 2.24) is 15.3 Å². The van der Waals surface area contributed by atoms with Crippen LogP contribution in [0.1, 0.15) is 26.4 Å². The third-order valence-electron chi connectivity index (χ3n) is 5.11. The van der Waals surface area contributed by atoms with Gasteiger partial charge in [-0.1, -0.05) is 6.07 Å². The Labute approximate surface area is 197 Å². The van der Waals surface area contributed by atoms with Gasteiger partial charge in [0.1, 0.15) is 0 Å². The van der Waals surface area contributed by atoms with Crippen LogP contribution in [0.2, 0.25) is 0 Å². The molecule has 4 rings (SSSR count). The summed E-state index contributed by atoms with van der Waals surface area (Å²) in [6.07, 6.45) is -2.58. The Morgan fingerprint density at radius 3 is 2.46 bits per heavy atom. The van der Waals surface area contributed by atoms with E-state index in [0.717, 1.165) is 34.6 Å². The van der Waals surface area contributed by atoms with Crippen LogP contribution in [0.4, 0.5) is 18.9 Å². The van der Waals surface area contributed by atoms with E-state index in [1.165, 1.54) is 7.11 Å². The highest BCUT2D eigenvalue weighted by atomic mass is 19.4. The molecule has 0 radical (unpaired) electrons. The molecule has 3 aromatic rings. The van der Waals surface area contributed by atoms with Gasteiger partial charge in [-0.25, -0.2) is 9.59 Å². The van der Waals surface area contributed by atoms with Crippen molar-refractivity contribution in [2.45, 2.75) is 12.6 Å². The van der Waals surface area contributed by atoms with Crippen LogP contribution < -0.4 is 10.6 Å². The first-order chi connectivity index (χ1) is 16.5. The number of aliphatic carboxylic acids is 1. The van der Waals surface area contributed by atoms with Crippen LogP contribution in [-0.2, 0) is 16.0 Å². The van der Waals surface area contributed by atoms with Crippen molar-refractivity contribution in [2.75, 3.05) is 26.0 Å². The summed E-state index contributed by atoms with van der Waals surface area (Å²) in [5.74, 6) is -3.22. The number of hydrogen-bond acceptors (Lipinski definition) is 6. The molecule has 0 bridgehead atoms. The number of carboxylic acids is 1. The van der Waals surface area contributed by atoms with Gasteiger partial charge in [0, 0.05) is 54.4 Å². The van der Waals surface area contributed by atoms with E-state index in [2.05, 4.69) is 20.6 Å². The molecule has 4 N–H and O–H groups in total. The fraction of sp³-hybridized carbons (Fsp3) is 0.217. The lowest BCUT2D eigenvalue weighted by atomic mass is 10.0. The summed E-state index contributed by atoms with van der Waals surface area (Å²) >= 11 is 0. The summed E-state index contributed by atoms with van der Waals surface area (Å²) in [5, 5.41) is 13.0. The summed E-state index contributed by atoms with van der Waals surface area (Å²) in [5.41, 5.74) is 6.08. The number of pyridine rings is 1. The molecule has 0 saturated heterocycles. The lowest BCUT2D eigenvalue weighted by molar-refractivity contribution is -0.192. The maximum Gasteiger partial charge on any atom is 0.490 e. The highest BCUT2D eigenvalue weighted by Gasteiger charge is 2.38. The minimum atomic E-state index is -5.08. The monoisotopic (exact) mass is 490 g/mol. The molecule has 2 aromatic heterocycles. The van der Waals surface area contributed by atoms with Crippen molar-refractivity contribution in [3.63, 3.8) is 0 Å². The number of nitrogens with zero attached hydrogens (tertiary/aromatic N) is 1. The fourth-order valence-corrected chi connectivity index (χ4v) is 3.41. The number of nitrogens with one attached hydrogen (secondary N) is 3. The average molecular weight is 490 g/mol. The van der Waals surface area contributed by atoms with Gasteiger partial charge >= 0.3 is 18.1 Å². The van der Waals surface area contributed by atoms with Crippen LogP contribution in [-0.4, -0.2) is 59.8 Å². The number of esters is 1. The highest BCUT2D eigenvalue weighted by molar-refractivity contribution is 5.98. The van der Waals surface area contributed by atoms with Crippen LogP contribution in [0, 0.1) is 0 Å². The van der Waals surface area contributed by atoms with Crippen molar-refractivity contribution in [3.05, 3.63) is 59.4 Å². The van der Waals surface area contributed by atoms with Gasteiger partial charge < -0.3 is 25.5 Å². The Kier molecular flexibility index (Phi) is 7.43. The molecule has 0 unspecified atom stereocenters. The average Bonchev–Trinajstić information content (AvgIpc) is 3.29. The Balaban J connectivity index is 0.000000429. The third-order valence-corrected chi connectivity index (χ3v) is 5.11. The predicted molar refractivity (Wildman–Crippen MR) is 120 cm³/mol. The SMILES string of the molecule is CNc1ccc(-c2cc(-c3cc4c([nH]3)CCNC4=O)ccn2)cc1C(=O)OC.O=C(O)C(F)(F)F. The summed E-state index contributed by atoms with van der Waals surface area (Å²) < 4.78 is 36.6. The Morgan fingerprint density at radius 1 is 1.14 bits per heavy atom. The fourth-order valence-electron chi connectivity index (χ4n) is 3.41. The van der Waals surface area contributed by atoms with Gasteiger partial charge in [0.25, 0.3) is 5.91 Å². The second-order valence-electron chi connectivity index (χ2n) is 7.32. The number of alkyl halides is 3. The number of halogens is 3. The first-order valence-electron chi connectivity index (χ1n) is 10.2. The van der Waals surface area contributed by atoms with Gasteiger partial charge in [0.05, 0.1) is 23.9 Å². The Morgan fingerprint density at radius 2 is 1.86 bits per heavy atom. The number of aromatic nitrogens is 2. The zero-order valence-corrected chi connectivity index (χ0v) is 18.6. The van der Waals surface area contributed by atoms with Gasteiger partial charge in [0.2, 0.25) is 0 Å². The first kappa shape index (κ1) is 25.3. The van der Waals surface area contributed by atoms with Crippen LogP contribution in [0.15, 0.2) is 42.6 Å².